The molecule has 0 atom stereocenters. The van der Waals surface area contributed by atoms with E-state index in [1.54, 1.807) is 0 Å². The minimum absolute atomic E-state index is 0.284. The van der Waals surface area contributed by atoms with Crippen LogP contribution in [0, 0.1) is 25.6 Å². The summed E-state index contributed by atoms with van der Waals surface area (Å²) in [6, 6.07) is 0. The van der Waals surface area contributed by atoms with E-state index in [4.69, 9.17) is 4.52 Å². The first-order valence-corrected chi connectivity index (χ1v) is 9.34. The van der Waals surface area contributed by atoms with Crippen molar-refractivity contribution in [1.82, 2.24) is 20.0 Å². The second-order valence-electron chi connectivity index (χ2n) is 7.21. The van der Waals surface area contributed by atoms with Crippen LogP contribution in [0.1, 0.15) is 42.5 Å². The Labute approximate surface area is 154 Å². The van der Waals surface area contributed by atoms with E-state index in [0.717, 1.165) is 50.5 Å². The second-order valence-corrected chi connectivity index (χ2v) is 7.21. The molecule has 1 aliphatic heterocycles. The third kappa shape index (κ3) is 4.03. The zero-order chi connectivity index (χ0) is 18.7. The fourth-order valence-corrected chi connectivity index (χ4v) is 3.66. The molecule has 2 aromatic rings. The Morgan fingerprint density at radius 1 is 1.27 bits per heavy atom. The summed E-state index contributed by atoms with van der Waals surface area (Å²) in [5.41, 5.74) is 2.67. The van der Waals surface area contributed by atoms with Gasteiger partial charge in [-0.2, -0.15) is 0 Å². The van der Waals surface area contributed by atoms with Crippen LogP contribution in [-0.4, -0.2) is 46.7 Å². The van der Waals surface area contributed by atoms with Gasteiger partial charge in [0.25, 0.3) is 0 Å². The molecule has 1 saturated heterocycles. The monoisotopic (exact) mass is 361 g/mol. The van der Waals surface area contributed by atoms with Crippen LogP contribution in [0.25, 0.3) is 0 Å². The number of rotatable bonds is 6. The maximum atomic E-state index is 14.4. The predicted octanol–water partition coefficient (Wildman–Crippen LogP) is 3.13. The summed E-state index contributed by atoms with van der Waals surface area (Å²) in [5, 5.41) is 4.04. The van der Waals surface area contributed by atoms with Crippen molar-refractivity contribution in [2.75, 3.05) is 31.6 Å². The van der Waals surface area contributed by atoms with Gasteiger partial charge in [-0.15, -0.1) is 0 Å². The Bertz CT molecular complexity index is 720. The Morgan fingerprint density at radius 3 is 2.62 bits per heavy atom. The van der Waals surface area contributed by atoms with Crippen molar-refractivity contribution in [1.29, 1.82) is 0 Å². The molecule has 3 rings (SSSR count). The molecule has 0 bridgehead atoms. The van der Waals surface area contributed by atoms with Crippen LogP contribution in [0.15, 0.2) is 10.9 Å². The first-order chi connectivity index (χ1) is 12.5. The lowest BCUT2D eigenvalue weighted by atomic mass is 9.95. The zero-order valence-electron chi connectivity index (χ0n) is 16.1. The highest BCUT2D eigenvalue weighted by molar-refractivity contribution is 5.40. The number of hydrogen-bond acceptors (Lipinski definition) is 6. The standard InChI is InChI=1S/C19H28FN5O/c1-5-17-18(20)19(22-12-21-17)24(4)10-15-6-8-25(9-7-15)11-16-13(2)23-26-14(16)3/h12,15H,5-11H2,1-4H3. The van der Waals surface area contributed by atoms with Crippen LogP contribution in [0.5, 0.6) is 0 Å². The first-order valence-electron chi connectivity index (χ1n) is 9.34. The van der Waals surface area contributed by atoms with E-state index in [1.807, 2.05) is 32.7 Å². The minimum Gasteiger partial charge on any atom is -0.361 e. The quantitative estimate of drug-likeness (QED) is 0.788. The number of piperidine rings is 1. The van der Waals surface area contributed by atoms with Gasteiger partial charge in [0.1, 0.15) is 12.1 Å². The van der Waals surface area contributed by atoms with E-state index in [2.05, 4.69) is 20.0 Å². The van der Waals surface area contributed by atoms with Crippen molar-refractivity contribution in [2.24, 2.45) is 5.92 Å². The van der Waals surface area contributed by atoms with Gasteiger partial charge in [-0.3, -0.25) is 4.90 Å². The topological polar surface area (TPSA) is 58.3 Å². The average molecular weight is 361 g/mol. The molecule has 0 saturated carbocycles. The maximum Gasteiger partial charge on any atom is 0.187 e. The van der Waals surface area contributed by atoms with Crippen molar-refractivity contribution in [3.63, 3.8) is 0 Å². The maximum absolute atomic E-state index is 14.4. The summed E-state index contributed by atoms with van der Waals surface area (Å²) >= 11 is 0. The van der Waals surface area contributed by atoms with Gasteiger partial charge < -0.3 is 9.42 Å². The average Bonchev–Trinajstić information content (AvgIpc) is 2.95. The third-order valence-corrected chi connectivity index (χ3v) is 5.34. The summed E-state index contributed by atoms with van der Waals surface area (Å²) in [4.78, 5) is 12.5. The lowest BCUT2D eigenvalue weighted by Crippen LogP contribution is -2.38. The highest BCUT2D eigenvalue weighted by atomic mass is 19.1. The van der Waals surface area contributed by atoms with E-state index in [1.165, 1.54) is 11.9 Å². The Kier molecular flexibility index (Phi) is 5.86. The number of hydrogen-bond donors (Lipinski definition) is 0. The van der Waals surface area contributed by atoms with Gasteiger partial charge in [-0.05, 0) is 52.1 Å². The number of nitrogens with zero attached hydrogens (tertiary/aromatic N) is 5. The molecular formula is C19H28FN5O. The van der Waals surface area contributed by atoms with E-state index >= 15 is 0 Å². The molecule has 0 radical (unpaired) electrons. The molecule has 0 N–H and O–H groups in total. The van der Waals surface area contributed by atoms with Crippen LogP contribution >= 0.6 is 0 Å². The van der Waals surface area contributed by atoms with Crippen molar-refractivity contribution in [2.45, 2.75) is 46.6 Å². The number of anilines is 1. The van der Waals surface area contributed by atoms with Gasteiger partial charge in [0.05, 0.1) is 11.4 Å². The van der Waals surface area contributed by atoms with Crippen molar-refractivity contribution >= 4 is 5.82 Å². The molecule has 0 aromatic carbocycles. The second kappa shape index (κ2) is 8.12. The first kappa shape index (κ1) is 18.8. The fourth-order valence-electron chi connectivity index (χ4n) is 3.66. The molecule has 26 heavy (non-hydrogen) atoms. The molecular weight excluding hydrogens is 333 g/mol. The molecule has 6 nitrogen and oxygen atoms in total. The molecule has 2 aromatic heterocycles. The molecule has 0 aliphatic carbocycles. The Hall–Kier alpha value is -2.02. The molecule has 0 amide bonds. The zero-order valence-corrected chi connectivity index (χ0v) is 16.1. The normalized spacial score (nSPS) is 16.2. The molecule has 0 unspecified atom stereocenters. The van der Waals surface area contributed by atoms with Crippen molar-refractivity contribution in [3.8, 4) is 0 Å². The van der Waals surface area contributed by atoms with Crippen LogP contribution < -0.4 is 4.90 Å². The Balaban J connectivity index is 1.54. The number of likely N-dealkylation sites (tertiary alicyclic amines) is 1. The minimum atomic E-state index is -0.284. The van der Waals surface area contributed by atoms with Gasteiger partial charge in [0.15, 0.2) is 11.6 Å². The molecule has 1 aliphatic rings. The highest BCUT2D eigenvalue weighted by Crippen LogP contribution is 2.24. The molecule has 7 heteroatoms. The van der Waals surface area contributed by atoms with Crippen LogP contribution in [0.2, 0.25) is 0 Å². The van der Waals surface area contributed by atoms with Gasteiger partial charge in [0, 0.05) is 25.7 Å². The largest absolute Gasteiger partial charge is 0.361 e. The van der Waals surface area contributed by atoms with Crippen molar-refractivity contribution in [3.05, 3.63) is 34.9 Å². The van der Waals surface area contributed by atoms with Gasteiger partial charge >= 0.3 is 0 Å². The predicted molar refractivity (Wildman–Crippen MR) is 98.6 cm³/mol. The SMILES string of the molecule is CCc1ncnc(N(C)CC2CCN(Cc3c(C)noc3C)CC2)c1F. The van der Waals surface area contributed by atoms with Gasteiger partial charge in [-0.25, -0.2) is 14.4 Å². The summed E-state index contributed by atoms with van der Waals surface area (Å²) < 4.78 is 19.7. The van der Waals surface area contributed by atoms with Crippen LogP contribution in [0.4, 0.5) is 10.2 Å². The number of halogens is 1. The van der Waals surface area contributed by atoms with E-state index in [-0.39, 0.29) is 5.82 Å². The summed E-state index contributed by atoms with van der Waals surface area (Å²) in [5.74, 6) is 1.58. The lowest BCUT2D eigenvalue weighted by molar-refractivity contribution is 0.178. The van der Waals surface area contributed by atoms with E-state index < -0.39 is 0 Å². The fraction of sp³-hybridized carbons (Fsp3) is 0.632. The Morgan fingerprint density at radius 2 is 2.00 bits per heavy atom. The van der Waals surface area contributed by atoms with Gasteiger partial charge in [-0.1, -0.05) is 12.1 Å². The van der Waals surface area contributed by atoms with E-state index in [0.29, 0.717) is 23.9 Å². The number of aryl methyl sites for hydroxylation is 3. The van der Waals surface area contributed by atoms with Crippen LogP contribution in [0.3, 0.4) is 0 Å². The van der Waals surface area contributed by atoms with Crippen molar-refractivity contribution < 1.29 is 8.91 Å². The molecule has 3 heterocycles. The summed E-state index contributed by atoms with van der Waals surface area (Å²) in [7, 11) is 1.92. The molecule has 0 spiro atoms. The number of aromatic nitrogens is 3. The molecule has 142 valence electrons. The van der Waals surface area contributed by atoms with Crippen LogP contribution in [-0.2, 0) is 13.0 Å². The highest BCUT2D eigenvalue weighted by Gasteiger charge is 2.24. The third-order valence-electron chi connectivity index (χ3n) is 5.34. The smallest absolute Gasteiger partial charge is 0.187 e. The summed E-state index contributed by atoms with van der Waals surface area (Å²) in [6.45, 7) is 9.65. The summed E-state index contributed by atoms with van der Waals surface area (Å²) in [6.07, 6.45) is 4.23. The molecule has 1 fully saturated rings. The van der Waals surface area contributed by atoms with Gasteiger partial charge in [0.2, 0.25) is 0 Å². The van der Waals surface area contributed by atoms with E-state index in [9.17, 15) is 4.39 Å². The lowest BCUT2D eigenvalue weighted by Gasteiger charge is -2.34.